The summed E-state index contributed by atoms with van der Waals surface area (Å²) in [4.78, 5) is 21.4. The molecule has 20 heavy (non-hydrogen) atoms. The molecule has 0 fully saturated rings. The molecule has 1 heterocycles. The molecule has 8 heteroatoms. The van der Waals surface area contributed by atoms with Crippen LogP contribution in [0.25, 0.3) is 0 Å². The molecule has 0 aliphatic rings. The van der Waals surface area contributed by atoms with Gasteiger partial charge in [0, 0.05) is 10.6 Å². The maximum Gasteiger partial charge on any atom is 0.433 e. The maximum atomic E-state index is 11.7. The Bertz CT molecular complexity index is 664. The van der Waals surface area contributed by atoms with E-state index in [0.717, 1.165) is 0 Å². The third-order valence-corrected chi connectivity index (χ3v) is 2.51. The van der Waals surface area contributed by atoms with E-state index in [-0.39, 0.29) is 5.76 Å². The van der Waals surface area contributed by atoms with E-state index >= 15 is 0 Å². The van der Waals surface area contributed by atoms with Gasteiger partial charge in [0.1, 0.15) is 4.92 Å². The molecule has 1 aromatic carbocycles. The molecule has 102 valence electrons. The van der Waals surface area contributed by atoms with Crippen LogP contribution in [0.5, 0.6) is 0 Å². The van der Waals surface area contributed by atoms with Gasteiger partial charge in [0.2, 0.25) is 0 Å². The topological polar surface area (TPSA) is 97.7 Å². The minimum Gasteiger partial charge on any atom is -0.400 e. The lowest BCUT2D eigenvalue weighted by Crippen LogP contribution is -2.17. The van der Waals surface area contributed by atoms with E-state index in [0.29, 0.717) is 10.6 Å². The Morgan fingerprint density at radius 1 is 1.30 bits per heavy atom. The Morgan fingerprint density at radius 2 is 2.00 bits per heavy atom. The molecule has 0 bridgehead atoms. The van der Waals surface area contributed by atoms with Gasteiger partial charge in [-0.05, 0) is 30.3 Å². The van der Waals surface area contributed by atoms with Crippen LogP contribution in [0.4, 0.5) is 5.88 Å². The minimum absolute atomic E-state index is 0.160. The number of benzene rings is 1. The van der Waals surface area contributed by atoms with Gasteiger partial charge in [0.05, 0.1) is 12.3 Å². The molecule has 0 aliphatic carbocycles. The largest absolute Gasteiger partial charge is 0.433 e. The van der Waals surface area contributed by atoms with Crippen molar-refractivity contribution in [2.24, 2.45) is 5.10 Å². The van der Waals surface area contributed by atoms with E-state index in [2.05, 4.69) is 10.5 Å². The zero-order chi connectivity index (χ0) is 14.5. The minimum atomic E-state index is -0.663. The molecule has 2 aromatic rings. The highest BCUT2D eigenvalue weighted by molar-refractivity contribution is 6.30. The van der Waals surface area contributed by atoms with Crippen LogP contribution in [0.3, 0.4) is 0 Å². The molecule has 0 saturated heterocycles. The summed E-state index contributed by atoms with van der Waals surface area (Å²) in [6.07, 6.45) is 1.17. The zero-order valence-corrected chi connectivity index (χ0v) is 10.7. The van der Waals surface area contributed by atoms with Crippen LogP contribution in [0, 0.1) is 10.1 Å². The Labute approximate surface area is 118 Å². The molecule has 1 aromatic heterocycles. The Hall–Kier alpha value is -2.67. The molecule has 0 saturated carbocycles. The molecule has 1 amide bonds. The zero-order valence-electron chi connectivity index (χ0n) is 9.95. The van der Waals surface area contributed by atoms with E-state index in [1.807, 2.05) is 0 Å². The van der Waals surface area contributed by atoms with Gasteiger partial charge in [-0.25, -0.2) is 5.43 Å². The molecule has 0 aliphatic heterocycles. The average molecular weight is 294 g/mol. The van der Waals surface area contributed by atoms with Crippen molar-refractivity contribution < 1.29 is 14.1 Å². The van der Waals surface area contributed by atoms with Crippen molar-refractivity contribution in [3.05, 3.63) is 62.9 Å². The van der Waals surface area contributed by atoms with Gasteiger partial charge in [-0.3, -0.25) is 14.9 Å². The fraction of sp³-hybridized carbons (Fsp3) is 0. The summed E-state index contributed by atoms with van der Waals surface area (Å²) >= 11 is 5.70. The third-order valence-electron chi connectivity index (χ3n) is 2.26. The number of nitrogens with zero attached hydrogens (tertiary/aromatic N) is 2. The van der Waals surface area contributed by atoms with Crippen LogP contribution in [0.2, 0.25) is 5.02 Å². The summed E-state index contributed by atoms with van der Waals surface area (Å²) in [5.41, 5.74) is 2.65. The Balaban J connectivity index is 1.97. The number of halogens is 1. The molecular weight excluding hydrogens is 286 g/mol. The molecule has 0 radical (unpaired) electrons. The summed E-state index contributed by atoms with van der Waals surface area (Å²) in [6.45, 7) is 0. The first-order valence-corrected chi connectivity index (χ1v) is 5.77. The highest BCUT2D eigenvalue weighted by Crippen LogP contribution is 2.13. The molecule has 7 nitrogen and oxygen atoms in total. The third kappa shape index (κ3) is 3.42. The molecular formula is C12H8ClN3O4. The van der Waals surface area contributed by atoms with Crippen LogP contribution in [-0.2, 0) is 0 Å². The number of furan rings is 1. The summed E-state index contributed by atoms with van der Waals surface area (Å²) in [6, 6.07) is 8.82. The van der Waals surface area contributed by atoms with Crippen LogP contribution in [-0.4, -0.2) is 17.0 Å². The smallest absolute Gasteiger partial charge is 0.400 e. The van der Waals surface area contributed by atoms with E-state index in [4.69, 9.17) is 16.0 Å². The number of amides is 1. The Kier molecular flexibility index (Phi) is 4.11. The number of hydrogen-bond acceptors (Lipinski definition) is 5. The SMILES string of the molecule is O=C(N/N=C\c1ccc([N+](=O)[O-])o1)c1ccc(Cl)cc1. The quantitative estimate of drug-likeness (QED) is 0.532. The number of carbonyl (C=O) groups excluding carboxylic acids is 1. The lowest BCUT2D eigenvalue weighted by Gasteiger charge is -1.98. The lowest BCUT2D eigenvalue weighted by atomic mass is 10.2. The first-order valence-electron chi connectivity index (χ1n) is 5.39. The number of hydrogen-bond donors (Lipinski definition) is 1. The van der Waals surface area contributed by atoms with Gasteiger partial charge in [0.25, 0.3) is 5.91 Å². The second-order valence-electron chi connectivity index (χ2n) is 3.64. The van der Waals surface area contributed by atoms with Crippen molar-refractivity contribution in [3.8, 4) is 0 Å². The second kappa shape index (κ2) is 5.98. The van der Waals surface area contributed by atoms with E-state index in [1.165, 1.54) is 18.3 Å². The molecule has 0 spiro atoms. The van der Waals surface area contributed by atoms with E-state index in [9.17, 15) is 14.9 Å². The van der Waals surface area contributed by atoms with Crippen molar-refractivity contribution in [1.82, 2.24) is 5.43 Å². The van der Waals surface area contributed by atoms with Crippen LogP contribution >= 0.6 is 11.6 Å². The first-order chi connectivity index (χ1) is 9.56. The highest BCUT2D eigenvalue weighted by atomic mass is 35.5. The van der Waals surface area contributed by atoms with E-state index in [1.54, 1.807) is 24.3 Å². The molecule has 0 unspecified atom stereocenters. The summed E-state index contributed by atoms with van der Waals surface area (Å²) < 4.78 is 4.83. The van der Waals surface area contributed by atoms with Crippen molar-refractivity contribution in [1.29, 1.82) is 0 Å². The van der Waals surface area contributed by atoms with Gasteiger partial charge >= 0.3 is 5.88 Å². The average Bonchev–Trinajstić information content (AvgIpc) is 2.88. The number of carbonyl (C=O) groups is 1. The molecule has 1 N–H and O–H groups in total. The fourth-order valence-corrected chi connectivity index (χ4v) is 1.46. The first kappa shape index (κ1) is 13.8. The predicted molar refractivity (Wildman–Crippen MR) is 71.9 cm³/mol. The predicted octanol–water partition coefficient (Wildman–Crippen LogP) is 2.61. The van der Waals surface area contributed by atoms with Crippen LogP contribution in [0.1, 0.15) is 16.1 Å². The van der Waals surface area contributed by atoms with Crippen LogP contribution < -0.4 is 5.43 Å². The van der Waals surface area contributed by atoms with Gasteiger partial charge in [-0.15, -0.1) is 0 Å². The fourth-order valence-electron chi connectivity index (χ4n) is 1.33. The van der Waals surface area contributed by atoms with Gasteiger partial charge in [-0.1, -0.05) is 11.6 Å². The lowest BCUT2D eigenvalue weighted by molar-refractivity contribution is -0.402. The monoisotopic (exact) mass is 293 g/mol. The number of nitrogens with one attached hydrogen (secondary N) is 1. The molecule has 0 atom stereocenters. The van der Waals surface area contributed by atoms with Crippen molar-refractivity contribution in [3.63, 3.8) is 0 Å². The van der Waals surface area contributed by atoms with Gasteiger partial charge in [0.15, 0.2) is 5.76 Å². The number of rotatable bonds is 4. The Morgan fingerprint density at radius 3 is 2.60 bits per heavy atom. The van der Waals surface area contributed by atoms with Crippen molar-refractivity contribution in [2.45, 2.75) is 0 Å². The number of hydrazone groups is 1. The van der Waals surface area contributed by atoms with E-state index < -0.39 is 16.7 Å². The van der Waals surface area contributed by atoms with Crippen molar-refractivity contribution >= 4 is 29.6 Å². The molecule has 2 rings (SSSR count). The maximum absolute atomic E-state index is 11.7. The van der Waals surface area contributed by atoms with Gasteiger partial charge < -0.3 is 4.42 Å². The van der Waals surface area contributed by atoms with Crippen molar-refractivity contribution in [2.75, 3.05) is 0 Å². The standard InChI is InChI=1S/C12H8ClN3O4/c13-9-3-1-8(2-4-9)12(17)15-14-7-10-5-6-11(20-10)16(18)19/h1-7H,(H,15,17)/b14-7-. The highest BCUT2D eigenvalue weighted by Gasteiger charge is 2.10. The summed E-state index contributed by atoms with van der Waals surface area (Å²) in [5, 5.41) is 14.6. The van der Waals surface area contributed by atoms with Crippen LogP contribution in [0.15, 0.2) is 45.9 Å². The summed E-state index contributed by atoms with van der Waals surface area (Å²) in [5.74, 6) is -0.664. The normalized spacial score (nSPS) is 10.7. The second-order valence-corrected chi connectivity index (χ2v) is 4.08. The number of nitro groups is 1. The summed E-state index contributed by atoms with van der Waals surface area (Å²) in [7, 11) is 0. The van der Waals surface area contributed by atoms with Gasteiger partial charge in [-0.2, -0.15) is 5.10 Å².